The number of nitro groups is 2. The number of hydrogen-bond donors (Lipinski definition) is 1. The van der Waals surface area contributed by atoms with E-state index in [4.69, 9.17) is 14.2 Å². The van der Waals surface area contributed by atoms with E-state index in [0.29, 0.717) is 11.3 Å². The van der Waals surface area contributed by atoms with Gasteiger partial charge in [0.25, 0.3) is 11.4 Å². The molecular formula is C22H25N7O8. The first-order chi connectivity index (χ1) is 17.6. The van der Waals surface area contributed by atoms with Crippen LogP contribution in [0.25, 0.3) is 0 Å². The van der Waals surface area contributed by atoms with Crippen LogP contribution in [0.2, 0.25) is 0 Å². The highest BCUT2D eigenvalue weighted by molar-refractivity contribution is 5.57. The fourth-order valence-corrected chi connectivity index (χ4v) is 4.50. The molecule has 0 saturated heterocycles. The first-order valence-corrected chi connectivity index (χ1v) is 11.0. The van der Waals surface area contributed by atoms with Gasteiger partial charge in [0.2, 0.25) is 0 Å². The summed E-state index contributed by atoms with van der Waals surface area (Å²) >= 11 is 0. The average Bonchev–Trinajstić information content (AvgIpc) is 3.29. The van der Waals surface area contributed by atoms with E-state index >= 15 is 0 Å². The number of tetrazole rings is 1. The van der Waals surface area contributed by atoms with Gasteiger partial charge in [-0.2, -0.15) is 4.80 Å². The molecule has 0 spiro atoms. The lowest BCUT2D eigenvalue weighted by atomic mass is 9.83. The van der Waals surface area contributed by atoms with E-state index in [2.05, 4.69) is 15.4 Å². The minimum Gasteiger partial charge on any atom is -0.479 e. The lowest BCUT2D eigenvalue weighted by Gasteiger charge is -2.49. The summed E-state index contributed by atoms with van der Waals surface area (Å²) < 4.78 is 17.0. The number of aliphatic hydroxyl groups excluding tert-OH is 1. The molecule has 0 fully saturated rings. The third-order valence-corrected chi connectivity index (χ3v) is 6.22. The van der Waals surface area contributed by atoms with Crippen molar-refractivity contribution in [2.45, 2.75) is 37.5 Å². The van der Waals surface area contributed by atoms with Crippen LogP contribution in [-0.2, 0) is 23.1 Å². The van der Waals surface area contributed by atoms with Crippen LogP contribution >= 0.6 is 0 Å². The molecule has 2 heterocycles. The molecule has 15 nitrogen and oxygen atoms in total. The number of nitrogens with zero attached hydrogens (tertiary/aromatic N) is 7. The van der Waals surface area contributed by atoms with Gasteiger partial charge in [0, 0.05) is 49.7 Å². The summed E-state index contributed by atoms with van der Waals surface area (Å²) in [4.78, 5) is 24.7. The lowest BCUT2D eigenvalue weighted by Crippen LogP contribution is -2.62. The Morgan fingerprint density at radius 2 is 1.76 bits per heavy atom. The second kappa shape index (κ2) is 10.0. The van der Waals surface area contributed by atoms with E-state index in [1.807, 2.05) is 0 Å². The molecule has 0 amide bonds. The summed E-state index contributed by atoms with van der Waals surface area (Å²) in [6.07, 6.45) is -2.40. The van der Waals surface area contributed by atoms with Gasteiger partial charge < -0.3 is 24.2 Å². The number of fused-ring (bicyclic) bond motifs is 1. The minimum atomic E-state index is -1.47. The smallest absolute Gasteiger partial charge is 0.270 e. The average molecular weight is 515 g/mol. The minimum absolute atomic E-state index is 0.00375. The summed E-state index contributed by atoms with van der Waals surface area (Å²) in [6.45, 7) is 1.59. The zero-order valence-electron chi connectivity index (χ0n) is 20.4. The monoisotopic (exact) mass is 515 g/mol. The van der Waals surface area contributed by atoms with Crippen LogP contribution in [0.4, 0.5) is 17.1 Å². The number of anilines is 1. The van der Waals surface area contributed by atoms with Crippen molar-refractivity contribution in [3.05, 3.63) is 74.1 Å². The van der Waals surface area contributed by atoms with E-state index in [-0.39, 0.29) is 29.5 Å². The number of rotatable bonds is 9. The van der Waals surface area contributed by atoms with Gasteiger partial charge in [-0.05, 0) is 30.3 Å². The molecule has 1 N–H and O–H groups in total. The lowest BCUT2D eigenvalue weighted by molar-refractivity contribution is -0.385. The molecular weight excluding hydrogens is 490 g/mol. The summed E-state index contributed by atoms with van der Waals surface area (Å²) in [7, 11) is 4.38. The number of hydrogen-bond acceptors (Lipinski definition) is 12. The van der Waals surface area contributed by atoms with E-state index in [1.54, 1.807) is 18.9 Å². The zero-order valence-corrected chi connectivity index (χ0v) is 20.4. The number of nitro benzene ring substituents is 2. The first-order valence-electron chi connectivity index (χ1n) is 11.0. The maximum absolute atomic E-state index is 11.8. The number of aromatic nitrogens is 4. The largest absolute Gasteiger partial charge is 0.479 e. The van der Waals surface area contributed by atoms with E-state index in [1.165, 1.54) is 61.5 Å². The topological polar surface area (TPSA) is 181 Å². The molecule has 3 atom stereocenters. The number of aryl methyl sites for hydroxylation is 1. The third-order valence-electron chi connectivity index (χ3n) is 6.22. The van der Waals surface area contributed by atoms with Crippen molar-refractivity contribution < 1.29 is 29.2 Å². The molecule has 0 radical (unpaired) electrons. The van der Waals surface area contributed by atoms with Crippen molar-refractivity contribution >= 4 is 17.1 Å². The normalized spacial score (nSPS) is 20.8. The molecule has 4 rings (SSSR count). The van der Waals surface area contributed by atoms with Crippen molar-refractivity contribution in [2.24, 2.45) is 7.05 Å². The van der Waals surface area contributed by atoms with Gasteiger partial charge in [-0.1, -0.05) is 0 Å². The van der Waals surface area contributed by atoms with Gasteiger partial charge in [0.05, 0.1) is 29.5 Å². The second-order valence-corrected chi connectivity index (χ2v) is 8.55. The molecule has 0 saturated carbocycles. The van der Waals surface area contributed by atoms with Crippen LogP contribution in [0.3, 0.4) is 0 Å². The molecule has 1 aliphatic heterocycles. The molecule has 0 bridgehead atoms. The van der Waals surface area contributed by atoms with Crippen LogP contribution in [0, 0.1) is 20.2 Å². The molecule has 37 heavy (non-hydrogen) atoms. The fourth-order valence-electron chi connectivity index (χ4n) is 4.50. The molecule has 1 aromatic heterocycles. The number of ether oxygens (including phenoxy) is 3. The van der Waals surface area contributed by atoms with Crippen LogP contribution in [0.15, 0.2) is 42.5 Å². The van der Waals surface area contributed by atoms with Crippen molar-refractivity contribution in [1.29, 1.82) is 0 Å². The van der Waals surface area contributed by atoms with Gasteiger partial charge >= 0.3 is 0 Å². The maximum atomic E-state index is 11.8. The zero-order chi connectivity index (χ0) is 26.9. The van der Waals surface area contributed by atoms with E-state index in [0.717, 1.165) is 0 Å². The van der Waals surface area contributed by atoms with Crippen LogP contribution in [-0.4, -0.2) is 67.4 Å². The highest BCUT2D eigenvalue weighted by Gasteiger charge is 2.54. The van der Waals surface area contributed by atoms with Crippen molar-refractivity contribution in [3.8, 4) is 5.75 Å². The second-order valence-electron chi connectivity index (χ2n) is 8.55. The Morgan fingerprint density at radius 1 is 1.14 bits per heavy atom. The molecule has 196 valence electrons. The third kappa shape index (κ3) is 4.78. The Labute approximate surface area is 210 Å². The molecule has 1 unspecified atom stereocenters. The quantitative estimate of drug-likeness (QED) is 0.249. The summed E-state index contributed by atoms with van der Waals surface area (Å²) in [5.74, 6) is 0.546. The van der Waals surface area contributed by atoms with Crippen LogP contribution < -0.4 is 9.64 Å². The maximum Gasteiger partial charge on any atom is 0.270 e. The SMILES string of the molecule is COC(OC)C1(C)Oc2ccc([N+](=O)[O-])cc2[C@@H](N(Cc2nnn(C)n2)c2ccc([N+](=O)[O-])cc2)[C@@H]1O. The van der Waals surface area contributed by atoms with E-state index in [9.17, 15) is 25.3 Å². The standard InChI is InChI=1S/C22H25N7O8/c1-22(21(35-3)36-4)20(30)19(16-11-15(29(33)34)9-10-17(16)37-22)27(12-18-23-25-26(2)24-18)13-5-7-14(8-6-13)28(31)32/h5-11,19-21,30H,12H2,1-4H3/t19-,20+,22?/m1/s1. The highest BCUT2D eigenvalue weighted by Crippen LogP contribution is 2.47. The predicted molar refractivity (Wildman–Crippen MR) is 127 cm³/mol. The molecule has 2 aromatic carbocycles. The van der Waals surface area contributed by atoms with Gasteiger partial charge in [0.1, 0.15) is 11.9 Å². The predicted octanol–water partition coefficient (Wildman–Crippen LogP) is 1.91. The van der Waals surface area contributed by atoms with Gasteiger partial charge in [-0.3, -0.25) is 20.2 Å². The van der Waals surface area contributed by atoms with Crippen molar-refractivity contribution in [1.82, 2.24) is 20.2 Å². The summed E-state index contributed by atoms with van der Waals surface area (Å²) in [5, 5.41) is 46.7. The molecule has 3 aromatic rings. The number of non-ortho nitro benzene ring substituents is 2. The van der Waals surface area contributed by atoms with Crippen LogP contribution in [0.5, 0.6) is 5.75 Å². The number of benzene rings is 2. The van der Waals surface area contributed by atoms with Gasteiger partial charge in [0.15, 0.2) is 17.7 Å². The Hall–Kier alpha value is -4.21. The first kappa shape index (κ1) is 25.9. The molecule has 15 heteroatoms. The fraction of sp³-hybridized carbons (Fsp3) is 0.409. The molecule has 1 aliphatic rings. The van der Waals surface area contributed by atoms with Crippen molar-refractivity contribution in [3.63, 3.8) is 0 Å². The van der Waals surface area contributed by atoms with E-state index < -0.39 is 33.9 Å². The summed E-state index contributed by atoms with van der Waals surface area (Å²) in [6, 6.07) is 8.73. The van der Waals surface area contributed by atoms with Gasteiger partial charge in [-0.15, -0.1) is 10.2 Å². The number of methoxy groups -OCH3 is 2. The van der Waals surface area contributed by atoms with Gasteiger partial charge in [-0.25, -0.2) is 0 Å². The Bertz CT molecular complexity index is 1300. The Balaban J connectivity index is 1.92. The number of aliphatic hydroxyl groups is 1. The highest BCUT2D eigenvalue weighted by atomic mass is 16.7. The van der Waals surface area contributed by atoms with Crippen molar-refractivity contribution in [2.75, 3.05) is 19.1 Å². The summed E-state index contributed by atoms with van der Waals surface area (Å²) in [5.41, 5.74) is -1.04. The Kier molecular flexibility index (Phi) is 7.02. The molecule has 0 aliphatic carbocycles. The Morgan fingerprint density at radius 3 is 2.30 bits per heavy atom. The van der Waals surface area contributed by atoms with Crippen LogP contribution in [0.1, 0.15) is 24.4 Å².